The van der Waals surface area contributed by atoms with E-state index in [4.69, 9.17) is 15.1 Å². The lowest BCUT2D eigenvalue weighted by atomic mass is 9.92. The van der Waals surface area contributed by atoms with Gasteiger partial charge in [0.2, 0.25) is 5.91 Å². The highest BCUT2D eigenvalue weighted by Crippen LogP contribution is 2.26. The third kappa shape index (κ3) is 6.93. The fraction of sp³-hybridized carbons (Fsp3) is 0.333. The smallest absolute Gasteiger partial charge is 0.322 e. The van der Waals surface area contributed by atoms with Crippen LogP contribution in [-0.4, -0.2) is 53.4 Å². The van der Waals surface area contributed by atoms with Crippen molar-refractivity contribution in [2.24, 2.45) is 0 Å². The minimum atomic E-state index is -0.472. The summed E-state index contributed by atoms with van der Waals surface area (Å²) in [7, 11) is 1.53. The molecule has 0 saturated heterocycles. The van der Waals surface area contributed by atoms with Gasteiger partial charge in [-0.3, -0.25) is 4.79 Å². The molecule has 9 heteroatoms. The average Bonchev–Trinajstić information content (AvgIpc) is 3.26. The fourth-order valence-corrected chi connectivity index (χ4v) is 3.47. The summed E-state index contributed by atoms with van der Waals surface area (Å²) in [6.07, 6.45) is 0. The van der Waals surface area contributed by atoms with Crippen LogP contribution in [0.5, 0.6) is 0 Å². The standard InChI is InChI=1S/C27H32N6O3/c1-19-8-6-11-22(14-19)33-24(16-23(31-33)27(2,3)4)30-25(34)18-32(12-13-36-5)26(35)29-21-10-7-9-20(15-21)17-28/h6-11,14-16H,12-13,18H2,1-5H3,(H,29,35)(H,30,34). The van der Waals surface area contributed by atoms with Gasteiger partial charge >= 0.3 is 6.03 Å². The topological polar surface area (TPSA) is 112 Å². The molecular formula is C27H32N6O3. The molecule has 1 aromatic heterocycles. The third-order valence-electron chi connectivity index (χ3n) is 5.42. The van der Waals surface area contributed by atoms with Gasteiger partial charge in [-0.05, 0) is 42.8 Å². The van der Waals surface area contributed by atoms with E-state index in [0.717, 1.165) is 16.9 Å². The maximum atomic E-state index is 13.1. The molecule has 1 heterocycles. The summed E-state index contributed by atoms with van der Waals surface area (Å²) in [5.41, 5.74) is 3.39. The number of aryl methyl sites for hydroxylation is 1. The molecule has 0 radical (unpaired) electrons. The Kier molecular flexibility index (Phi) is 8.46. The highest BCUT2D eigenvalue weighted by Gasteiger charge is 2.23. The number of hydrogen-bond acceptors (Lipinski definition) is 5. The Balaban J connectivity index is 1.81. The molecule has 36 heavy (non-hydrogen) atoms. The highest BCUT2D eigenvalue weighted by atomic mass is 16.5. The van der Waals surface area contributed by atoms with E-state index in [1.165, 1.54) is 12.0 Å². The first-order valence-electron chi connectivity index (χ1n) is 11.6. The second kappa shape index (κ2) is 11.5. The van der Waals surface area contributed by atoms with Crippen LogP contribution in [0.25, 0.3) is 5.69 Å². The fourth-order valence-electron chi connectivity index (χ4n) is 3.47. The van der Waals surface area contributed by atoms with Crippen molar-refractivity contribution in [3.05, 3.63) is 71.4 Å². The van der Waals surface area contributed by atoms with Crippen LogP contribution >= 0.6 is 0 Å². The van der Waals surface area contributed by atoms with Crippen LogP contribution in [0, 0.1) is 18.3 Å². The van der Waals surface area contributed by atoms with E-state index < -0.39 is 6.03 Å². The summed E-state index contributed by atoms with van der Waals surface area (Å²) in [5, 5.41) is 19.5. The predicted octanol–water partition coefficient (Wildman–Crippen LogP) is 4.47. The van der Waals surface area contributed by atoms with Crippen LogP contribution in [0.4, 0.5) is 16.3 Å². The lowest BCUT2D eigenvalue weighted by molar-refractivity contribution is -0.116. The van der Waals surface area contributed by atoms with E-state index in [1.54, 1.807) is 28.9 Å². The molecule has 0 spiro atoms. The lowest BCUT2D eigenvalue weighted by Gasteiger charge is -2.22. The minimum absolute atomic E-state index is 0.197. The molecule has 0 bridgehead atoms. The maximum Gasteiger partial charge on any atom is 0.322 e. The SMILES string of the molecule is COCCN(CC(=O)Nc1cc(C(C)(C)C)nn1-c1cccc(C)c1)C(=O)Nc1cccc(C#N)c1. The van der Waals surface area contributed by atoms with Crippen molar-refractivity contribution in [2.45, 2.75) is 33.1 Å². The summed E-state index contributed by atoms with van der Waals surface area (Å²) >= 11 is 0. The molecule has 0 fully saturated rings. The first-order valence-corrected chi connectivity index (χ1v) is 11.6. The number of aromatic nitrogens is 2. The van der Waals surface area contributed by atoms with Gasteiger partial charge in [-0.15, -0.1) is 0 Å². The molecule has 3 amide bonds. The number of benzene rings is 2. The number of nitrogens with zero attached hydrogens (tertiary/aromatic N) is 4. The number of carbonyl (C=O) groups excluding carboxylic acids is 2. The van der Waals surface area contributed by atoms with Crippen LogP contribution < -0.4 is 10.6 Å². The second-order valence-corrected chi connectivity index (χ2v) is 9.50. The number of methoxy groups -OCH3 is 1. The number of nitrogens with one attached hydrogen (secondary N) is 2. The highest BCUT2D eigenvalue weighted by molar-refractivity contribution is 5.96. The predicted molar refractivity (Wildman–Crippen MR) is 139 cm³/mol. The summed E-state index contributed by atoms with van der Waals surface area (Å²) < 4.78 is 6.83. The number of amides is 3. The zero-order valence-corrected chi connectivity index (χ0v) is 21.3. The normalized spacial score (nSPS) is 11.0. The Morgan fingerprint density at radius 1 is 1.11 bits per heavy atom. The van der Waals surface area contributed by atoms with Crippen LogP contribution in [0.15, 0.2) is 54.6 Å². The second-order valence-electron chi connectivity index (χ2n) is 9.50. The third-order valence-corrected chi connectivity index (χ3v) is 5.42. The average molecular weight is 489 g/mol. The van der Waals surface area contributed by atoms with Crippen molar-refractivity contribution < 1.29 is 14.3 Å². The number of carbonyl (C=O) groups is 2. The summed E-state index contributed by atoms with van der Waals surface area (Å²) in [6, 6.07) is 17.9. The van der Waals surface area contributed by atoms with Gasteiger partial charge in [0.15, 0.2) is 0 Å². The number of ether oxygens (including phenoxy) is 1. The molecule has 0 unspecified atom stereocenters. The molecule has 3 rings (SSSR count). The van der Waals surface area contributed by atoms with E-state index in [9.17, 15) is 9.59 Å². The van der Waals surface area contributed by atoms with E-state index in [-0.39, 0.29) is 31.0 Å². The van der Waals surface area contributed by atoms with Crippen molar-refractivity contribution in [2.75, 3.05) is 37.4 Å². The van der Waals surface area contributed by atoms with E-state index in [2.05, 4.69) is 31.4 Å². The van der Waals surface area contributed by atoms with Gasteiger partial charge in [-0.1, -0.05) is 39.0 Å². The maximum absolute atomic E-state index is 13.1. The van der Waals surface area contributed by atoms with E-state index in [1.807, 2.05) is 43.3 Å². The Morgan fingerprint density at radius 3 is 2.53 bits per heavy atom. The number of rotatable bonds is 8. The largest absolute Gasteiger partial charge is 0.383 e. The van der Waals surface area contributed by atoms with Crippen LogP contribution in [-0.2, 0) is 14.9 Å². The van der Waals surface area contributed by atoms with Gasteiger partial charge in [0.25, 0.3) is 0 Å². The number of anilines is 2. The van der Waals surface area contributed by atoms with Gasteiger partial charge in [-0.2, -0.15) is 10.4 Å². The minimum Gasteiger partial charge on any atom is -0.383 e. The Hall–Kier alpha value is -4.16. The molecule has 0 saturated carbocycles. The van der Waals surface area contributed by atoms with Gasteiger partial charge < -0.3 is 20.3 Å². The first kappa shape index (κ1) is 26.4. The molecule has 0 aliphatic heterocycles. The molecule has 0 aliphatic carbocycles. The summed E-state index contributed by atoms with van der Waals surface area (Å²) in [5.74, 6) is 0.144. The summed E-state index contributed by atoms with van der Waals surface area (Å²) in [6.45, 7) is 8.43. The monoisotopic (exact) mass is 488 g/mol. The Labute approximate surface area is 211 Å². The molecular weight excluding hydrogens is 456 g/mol. The van der Waals surface area contributed by atoms with Crippen molar-refractivity contribution in [1.82, 2.24) is 14.7 Å². The van der Waals surface area contributed by atoms with Crippen molar-refractivity contribution in [1.29, 1.82) is 5.26 Å². The Morgan fingerprint density at radius 2 is 1.86 bits per heavy atom. The number of urea groups is 1. The van der Waals surface area contributed by atoms with Crippen LogP contribution in [0.1, 0.15) is 37.6 Å². The molecule has 188 valence electrons. The van der Waals surface area contributed by atoms with Crippen molar-refractivity contribution in [3.8, 4) is 11.8 Å². The van der Waals surface area contributed by atoms with Crippen LogP contribution in [0.2, 0.25) is 0 Å². The van der Waals surface area contributed by atoms with Crippen molar-refractivity contribution >= 4 is 23.4 Å². The van der Waals surface area contributed by atoms with Gasteiger partial charge in [-0.25, -0.2) is 9.48 Å². The van der Waals surface area contributed by atoms with Gasteiger partial charge in [0.05, 0.1) is 29.6 Å². The zero-order valence-electron chi connectivity index (χ0n) is 21.3. The molecule has 2 N–H and O–H groups in total. The first-order chi connectivity index (χ1) is 17.1. The molecule has 9 nitrogen and oxygen atoms in total. The molecule has 0 aliphatic rings. The number of nitriles is 1. The van der Waals surface area contributed by atoms with Gasteiger partial charge in [0, 0.05) is 30.8 Å². The Bertz CT molecular complexity index is 1270. The molecule has 2 aromatic carbocycles. The zero-order chi connectivity index (χ0) is 26.3. The molecule has 0 atom stereocenters. The van der Waals surface area contributed by atoms with E-state index >= 15 is 0 Å². The van der Waals surface area contributed by atoms with Crippen LogP contribution in [0.3, 0.4) is 0 Å². The quantitative estimate of drug-likeness (QED) is 0.486. The molecule has 3 aromatic rings. The van der Waals surface area contributed by atoms with Crippen molar-refractivity contribution in [3.63, 3.8) is 0 Å². The van der Waals surface area contributed by atoms with E-state index in [0.29, 0.717) is 17.1 Å². The van der Waals surface area contributed by atoms with Gasteiger partial charge in [0.1, 0.15) is 12.4 Å². The number of hydrogen-bond donors (Lipinski definition) is 2. The summed E-state index contributed by atoms with van der Waals surface area (Å²) in [4.78, 5) is 27.4. The lowest BCUT2D eigenvalue weighted by Crippen LogP contribution is -2.42.